The van der Waals surface area contributed by atoms with Crippen LogP contribution in [0.1, 0.15) is 32.6 Å². The molecule has 2 atom stereocenters. The average molecular weight is 452 g/mol. The number of aromatic nitrogens is 2. The Bertz CT molecular complexity index is 1020. The van der Waals surface area contributed by atoms with Gasteiger partial charge < -0.3 is 16.4 Å². The number of nitrogens with two attached hydrogens (primary N) is 2. The van der Waals surface area contributed by atoms with Gasteiger partial charge in [-0.05, 0) is 55.2 Å². The summed E-state index contributed by atoms with van der Waals surface area (Å²) in [6.07, 6.45) is 4.35. The van der Waals surface area contributed by atoms with E-state index in [0.29, 0.717) is 16.8 Å². The highest BCUT2D eigenvalue weighted by Gasteiger charge is 2.46. The zero-order valence-corrected chi connectivity index (χ0v) is 18.8. The SMILES string of the molecule is C[C@@H]1CCC2(CCN(c3nc(N)c(Sc4ccc(F)cc4Cl)c(=O)n3C)CC2)[C@@H]1N. The Morgan fingerprint density at radius 3 is 2.60 bits per heavy atom. The number of piperidine rings is 1. The molecule has 0 bridgehead atoms. The molecule has 1 spiro atoms. The van der Waals surface area contributed by atoms with Crippen LogP contribution >= 0.6 is 23.4 Å². The number of anilines is 2. The number of halogens is 2. The maximum Gasteiger partial charge on any atom is 0.270 e. The molecular formula is C21H27ClFN5OS. The Balaban J connectivity index is 1.57. The predicted octanol–water partition coefficient (Wildman–Crippen LogP) is 3.65. The van der Waals surface area contributed by atoms with Crippen LogP contribution in [0.3, 0.4) is 0 Å². The molecule has 9 heteroatoms. The molecule has 0 amide bonds. The zero-order chi connectivity index (χ0) is 21.6. The van der Waals surface area contributed by atoms with E-state index in [1.165, 1.54) is 35.6 Å². The van der Waals surface area contributed by atoms with E-state index < -0.39 is 5.82 Å². The number of nitrogen functional groups attached to an aromatic ring is 1. The summed E-state index contributed by atoms with van der Waals surface area (Å²) in [5.41, 5.74) is 12.7. The zero-order valence-electron chi connectivity index (χ0n) is 17.2. The number of benzene rings is 1. The second-order valence-corrected chi connectivity index (χ2v) is 10.0. The molecule has 4 rings (SSSR count). The third kappa shape index (κ3) is 3.69. The molecule has 30 heavy (non-hydrogen) atoms. The van der Waals surface area contributed by atoms with Crippen LogP contribution in [0.4, 0.5) is 16.2 Å². The van der Waals surface area contributed by atoms with Crippen LogP contribution in [0.15, 0.2) is 32.8 Å². The second kappa shape index (κ2) is 8.05. The van der Waals surface area contributed by atoms with Crippen LogP contribution in [0.5, 0.6) is 0 Å². The van der Waals surface area contributed by atoms with E-state index >= 15 is 0 Å². The van der Waals surface area contributed by atoms with Crippen molar-refractivity contribution < 1.29 is 4.39 Å². The second-order valence-electron chi connectivity index (χ2n) is 8.56. The number of rotatable bonds is 3. The van der Waals surface area contributed by atoms with E-state index in [1.54, 1.807) is 7.05 Å². The first-order chi connectivity index (χ1) is 14.2. The van der Waals surface area contributed by atoms with Gasteiger partial charge in [0.25, 0.3) is 5.56 Å². The molecule has 2 fully saturated rings. The molecule has 1 aromatic heterocycles. The van der Waals surface area contributed by atoms with Crippen LogP contribution in [-0.2, 0) is 7.05 Å². The summed E-state index contributed by atoms with van der Waals surface area (Å²) in [6.45, 7) is 3.84. The van der Waals surface area contributed by atoms with Crippen molar-refractivity contribution in [3.8, 4) is 0 Å². The van der Waals surface area contributed by atoms with Gasteiger partial charge in [-0.1, -0.05) is 30.3 Å². The maximum absolute atomic E-state index is 13.3. The van der Waals surface area contributed by atoms with Crippen molar-refractivity contribution in [1.82, 2.24) is 9.55 Å². The topological polar surface area (TPSA) is 90.2 Å². The van der Waals surface area contributed by atoms with E-state index in [1.807, 2.05) is 0 Å². The van der Waals surface area contributed by atoms with Crippen LogP contribution in [-0.4, -0.2) is 28.7 Å². The van der Waals surface area contributed by atoms with E-state index in [2.05, 4.69) is 16.8 Å². The van der Waals surface area contributed by atoms with Crippen molar-refractivity contribution in [2.75, 3.05) is 23.7 Å². The molecule has 162 valence electrons. The first-order valence-electron chi connectivity index (χ1n) is 10.2. The molecule has 0 radical (unpaired) electrons. The van der Waals surface area contributed by atoms with Gasteiger partial charge in [0.05, 0.1) is 5.02 Å². The summed E-state index contributed by atoms with van der Waals surface area (Å²) in [4.78, 5) is 20.6. The third-order valence-corrected chi connectivity index (χ3v) is 8.41. The first-order valence-corrected chi connectivity index (χ1v) is 11.4. The molecule has 2 aromatic rings. The lowest BCUT2D eigenvalue weighted by molar-refractivity contribution is 0.185. The molecule has 1 saturated heterocycles. The Hall–Kier alpha value is -1.77. The largest absolute Gasteiger partial charge is 0.382 e. The molecule has 2 aliphatic rings. The lowest BCUT2D eigenvalue weighted by Gasteiger charge is -2.43. The van der Waals surface area contributed by atoms with Crippen molar-refractivity contribution in [1.29, 1.82) is 0 Å². The van der Waals surface area contributed by atoms with Crippen LogP contribution in [0.2, 0.25) is 5.02 Å². The molecule has 1 aromatic carbocycles. The van der Waals surface area contributed by atoms with Crippen molar-refractivity contribution >= 4 is 35.1 Å². The van der Waals surface area contributed by atoms with Crippen molar-refractivity contribution in [3.63, 3.8) is 0 Å². The minimum Gasteiger partial charge on any atom is -0.382 e. The summed E-state index contributed by atoms with van der Waals surface area (Å²) in [6, 6.07) is 4.28. The van der Waals surface area contributed by atoms with Crippen LogP contribution < -0.4 is 21.9 Å². The van der Waals surface area contributed by atoms with Gasteiger partial charge in [0, 0.05) is 31.1 Å². The lowest BCUT2D eigenvalue weighted by atomic mass is 9.73. The summed E-state index contributed by atoms with van der Waals surface area (Å²) in [5.74, 6) is 0.855. The van der Waals surface area contributed by atoms with E-state index in [0.717, 1.165) is 37.7 Å². The van der Waals surface area contributed by atoms with Gasteiger partial charge in [0.2, 0.25) is 5.95 Å². The van der Waals surface area contributed by atoms with Gasteiger partial charge in [-0.3, -0.25) is 9.36 Å². The van der Waals surface area contributed by atoms with Crippen molar-refractivity contribution in [2.45, 2.75) is 48.4 Å². The number of hydrogen-bond donors (Lipinski definition) is 2. The van der Waals surface area contributed by atoms with Gasteiger partial charge in [-0.15, -0.1) is 0 Å². The van der Waals surface area contributed by atoms with Gasteiger partial charge in [-0.25, -0.2) is 4.39 Å². The van der Waals surface area contributed by atoms with Crippen LogP contribution in [0.25, 0.3) is 0 Å². The molecule has 1 aliphatic carbocycles. The summed E-state index contributed by atoms with van der Waals surface area (Å²) < 4.78 is 14.8. The number of nitrogens with zero attached hydrogens (tertiary/aromatic N) is 3. The number of hydrogen-bond acceptors (Lipinski definition) is 6. The molecule has 1 saturated carbocycles. The molecule has 4 N–H and O–H groups in total. The minimum atomic E-state index is -0.432. The first kappa shape index (κ1) is 21.5. The van der Waals surface area contributed by atoms with E-state index in [9.17, 15) is 9.18 Å². The van der Waals surface area contributed by atoms with Crippen LogP contribution in [0, 0.1) is 17.2 Å². The van der Waals surface area contributed by atoms with Gasteiger partial charge in [0.1, 0.15) is 16.5 Å². The fraction of sp³-hybridized carbons (Fsp3) is 0.524. The standard InChI is InChI=1S/C21H27ClFN5OS/c1-12-5-6-21(17(12)24)7-9-28(10-8-21)20-26-18(25)16(19(29)27(20)2)30-15-4-3-13(23)11-14(15)22/h3-4,11-12,17H,5-10,24-25H2,1-2H3/t12-,17-/m1/s1. The highest BCUT2D eigenvalue weighted by Crippen LogP contribution is 2.48. The van der Waals surface area contributed by atoms with Gasteiger partial charge >= 0.3 is 0 Å². The smallest absolute Gasteiger partial charge is 0.270 e. The third-order valence-electron chi connectivity index (χ3n) is 6.82. The van der Waals surface area contributed by atoms with E-state index in [-0.39, 0.29) is 32.8 Å². The molecule has 0 unspecified atom stereocenters. The molecule has 1 aliphatic heterocycles. The summed E-state index contributed by atoms with van der Waals surface area (Å²) in [5, 5.41) is 0.231. The Morgan fingerprint density at radius 2 is 2.00 bits per heavy atom. The maximum atomic E-state index is 13.3. The lowest BCUT2D eigenvalue weighted by Crippen LogP contribution is -2.49. The monoisotopic (exact) mass is 451 g/mol. The molecular weight excluding hydrogens is 425 g/mol. The fourth-order valence-electron chi connectivity index (χ4n) is 4.83. The normalized spacial score (nSPS) is 23.3. The Kier molecular flexibility index (Phi) is 5.76. The molecule has 2 heterocycles. The highest BCUT2D eigenvalue weighted by molar-refractivity contribution is 7.99. The molecule has 6 nitrogen and oxygen atoms in total. The van der Waals surface area contributed by atoms with E-state index in [4.69, 9.17) is 23.1 Å². The summed E-state index contributed by atoms with van der Waals surface area (Å²) in [7, 11) is 1.70. The average Bonchev–Trinajstić information content (AvgIpc) is 2.99. The predicted molar refractivity (Wildman–Crippen MR) is 120 cm³/mol. The quantitative estimate of drug-likeness (QED) is 0.740. The van der Waals surface area contributed by atoms with Crippen molar-refractivity contribution in [2.24, 2.45) is 24.1 Å². The fourth-order valence-corrected chi connectivity index (χ4v) is 6.00. The summed E-state index contributed by atoms with van der Waals surface area (Å²) >= 11 is 7.22. The Morgan fingerprint density at radius 1 is 1.30 bits per heavy atom. The van der Waals surface area contributed by atoms with Gasteiger partial charge in [-0.2, -0.15) is 4.98 Å². The highest BCUT2D eigenvalue weighted by atomic mass is 35.5. The van der Waals surface area contributed by atoms with Gasteiger partial charge in [0.15, 0.2) is 0 Å². The minimum absolute atomic E-state index is 0.157. The van der Waals surface area contributed by atoms with Crippen molar-refractivity contribution in [3.05, 3.63) is 39.4 Å². The Labute approximate surface area is 184 Å².